The average molecular weight is 315 g/mol. The molecule has 0 radical (unpaired) electrons. The van der Waals surface area contributed by atoms with Crippen molar-refractivity contribution < 1.29 is 9.53 Å². The summed E-state index contributed by atoms with van der Waals surface area (Å²) < 4.78 is 5.73. The molecule has 0 bridgehead atoms. The van der Waals surface area contributed by atoms with Crippen molar-refractivity contribution in [2.24, 2.45) is 0 Å². The smallest absolute Gasteiger partial charge is 0.254 e. The fraction of sp³-hybridized carbons (Fsp3) is 0.353. The minimum atomic E-state index is -0.209. The molecule has 0 atom stereocenters. The van der Waals surface area contributed by atoms with Crippen LogP contribution in [0.25, 0.3) is 11.4 Å². The van der Waals surface area contributed by atoms with E-state index in [-0.39, 0.29) is 11.5 Å². The van der Waals surface area contributed by atoms with Crippen LogP contribution < -0.4 is 15.6 Å². The summed E-state index contributed by atoms with van der Waals surface area (Å²) in [6.07, 6.45) is 0.855. The van der Waals surface area contributed by atoms with Gasteiger partial charge in [0.15, 0.2) is 0 Å². The van der Waals surface area contributed by atoms with Gasteiger partial charge in [0.25, 0.3) is 11.5 Å². The summed E-state index contributed by atoms with van der Waals surface area (Å²) in [7, 11) is 1.57. The highest BCUT2D eigenvalue weighted by atomic mass is 16.5. The minimum absolute atomic E-state index is 0.195. The van der Waals surface area contributed by atoms with Crippen LogP contribution in [-0.2, 0) is 0 Å². The maximum Gasteiger partial charge on any atom is 0.254 e. The van der Waals surface area contributed by atoms with Crippen molar-refractivity contribution in [3.63, 3.8) is 0 Å². The van der Waals surface area contributed by atoms with E-state index < -0.39 is 0 Å². The van der Waals surface area contributed by atoms with Gasteiger partial charge in [-0.05, 0) is 38.5 Å². The van der Waals surface area contributed by atoms with Gasteiger partial charge in [0.1, 0.15) is 11.6 Å². The predicted molar refractivity (Wildman–Crippen MR) is 88.9 cm³/mol. The first-order valence-corrected chi connectivity index (χ1v) is 7.54. The van der Waals surface area contributed by atoms with E-state index in [0.717, 1.165) is 6.42 Å². The summed E-state index contributed by atoms with van der Waals surface area (Å²) in [6.45, 7) is 6.06. The summed E-state index contributed by atoms with van der Waals surface area (Å²) >= 11 is 0. The summed E-state index contributed by atoms with van der Waals surface area (Å²) in [5, 5.41) is 2.58. The third-order valence-electron chi connectivity index (χ3n) is 3.58. The number of benzene rings is 1. The summed E-state index contributed by atoms with van der Waals surface area (Å²) in [5.74, 6) is 0.778. The molecule has 23 heavy (non-hydrogen) atoms. The second kappa shape index (κ2) is 7.09. The number of H-pyrrole nitrogens is 1. The number of ether oxygens (including phenoxy) is 1. The topological polar surface area (TPSA) is 84.1 Å². The van der Waals surface area contributed by atoms with E-state index in [4.69, 9.17) is 4.74 Å². The van der Waals surface area contributed by atoms with Gasteiger partial charge < -0.3 is 15.0 Å². The molecule has 2 rings (SSSR count). The Morgan fingerprint density at radius 1 is 1.35 bits per heavy atom. The van der Waals surface area contributed by atoms with Crippen LogP contribution in [0.4, 0.5) is 0 Å². The number of rotatable bonds is 5. The van der Waals surface area contributed by atoms with Crippen LogP contribution in [0, 0.1) is 13.8 Å². The van der Waals surface area contributed by atoms with Crippen LogP contribution in [0.1, 0.15) is 35.0 Å². The first kappa shape index (κ1) is 16.7. The van der Waals surface area contributed by atoms with Gasteiger partial charge in [-0.15, -0.1) is 0 Å². The van der Waals surface area contributed by atoms with Crippen LogP contribution in [-0.4, -0.2) is 29.5 Å². The van der Waals surface area contributed by atoms with Gasteiger partial charge in [-0.2, -0.15) is 0 Å². The molecule has 6 nitrogen and oxygen atoms in total. The number of hydrogen-bond donors (Lipinski definition) is 2. The number of amides is 1. The Kier molecular flexibility index (Phi) is 5.16. The van der Waals surface area contributed by atoms with Crippen molar-refractivity contribution in [3.05, 3.63) is 45.4 Å². The summed E-state index contributed by atoms with van der Waals surface area (Å²) in [4.78, 5) is 31.1. The lowest BCUT2D eigenvalue weighted by Crippen LogP contribution is -2.18. The maximum absolute atomic E-state index is 12.0. The first-order chi connectivity index (χ1) is 11.0. The average Bonchev–Trinajstić information content (AvgIpc) is 2.56. The van der Waals surface area contributed by atoms with E-state index in [9.17, 15) is 9.59 Å². The molecule has 0 aliphatic rings. The lowest BCUT2D eigenvalue weighted by atomic mass is 10.1. The quantitative estimate of drug-likeness (QED) is 0.886. The number of hydrogen-bond acceptors (Lipinski definition) is 4. The van der Waals surface area contributed by atoms with Crippen LogP contribution in [0.3, 0.4) is 0 Å². The first-order valence-electron chi connectivity index (χ1n) is 7.54. The molecule has 0 spiro atoms. The summed E-state index contributed by atoms with van der Waals surface area (Å²) in [6, 6.07) is 5.09. The van der Waals surface area contributed by atoms with Crippen LogP contribution in [0.5, 0.6) is 5.75 Å². The Bertz CT molecular complexity index is 781. The van der Waals surface area contributed by atoms with Gasteiger partial charge >= 0.3 is 0 Å². The molecule has 1 aromatic heterocycles. The molecule has 1 amide bonds. The van der Waals surface area contributed by atoms with Gasteiger partial charge in [-0.25, -0.2) is 4.98 Å². The fourth-order valence-corrected chi connectivity index (χ4v) is 2.11. The Morgan fingerprint density at radius 3 is 2.70 bits per heavy atom. The van der Waals surface area contributed by atoms with Gasteiger partial charge in [-0.3, -0.25) is 9.59 Å². The molecule has 0 aliphatic heterocycles. The second-order valence-corrected chi connectivity index (χ2v) is 5.26. The van der Waals surface area contributed by atoms with Gasteiger partial charge in [0, 0.05) is 23.9 Å². The number of carbonyl (C=O) groups is 1. The van der Waals surface area contributed by atoms with Crippen LogP contribution >= 0.6 is 0 Å². The molecule has 6 heteroatoms. The number of nitrogens with zero attached hydrogens (tertiary/aromatic N) is 1. The third kappa shape index (κ3) is 3.59. The predicted octanol–water partition coefficient (Wildman–Crippen LogP) is 2.20. The molecule has 122 valence electrons. The number of aromatic nitrogens is 2. The molecular weight excluding hydrogens is 294 g/mol. The standard InChI is InChI=1S/C17H21N3O3/c1-5-8-23-14-7-6-12(17(22)18-4)9-13(14)15-19-11(3)10(2)16(21)20-15/h6-7,9H,5,8H2,1-4H3,(H,18,22)(H,19,20,21). The van der Waals surface area contributed by atoms with Crippen molar-refractivity contribution in [1.29, 1.82) is 0 Å². The van der Waals surface area contributed by atoms with E-state index in [1.807, 2.05) is 6.92 Å². The second-order valence-electron chi connectivity index (χ2n) is 5.26. The van der Waals surface area contributed by atoms with E-state index in [2.05, 4.69) is 15.3 Å². The number of carbonyl (C=O) groups excluding carboxylic acids is 1. The molecule has 2 N–H and O–H groups in total. The van der Waals surface area contributed by atoms with Crippen LogP contribution in [0.15, 0.2) is 23.0 Å². The van der Waals surface area contributed by atoms with E-state index in [1.54, 1.807) is 39.1 Å². The van der Waals surface area contributed by atoms with Gasteiger partial charge in [-0.1, -0.05) is 6.92 Å². The number of nitrogens with one attached hydrogen (secondary N) is 2. The molecule has 1 aromatic carbocycles. The third-order valence-corrected chi connectivity index (χ3v) is 3.58. The highest BCUT2D eigenvalue weighted by molar-refractivity contribution is 5.95. The Balaban J connectivity index is 2.61. The molecule has 0 fully saturated rings. The van der Waals surface area contributed by atoms with Crippen molar-refractivity contribution in [3.8, 4) is 17.1 Å². The van der Waals surface area contributed by atoms with E-state index in [0.29, 0.717) is 40.6 Å². The molecule has 0 aliphatic carbocycles. The molecule has 2 aromatic rings. The normalized spacial score (nSPS) is 10.4. The molecule has 0 saturated heterocycles. The highest BCUT2D eigenvalue weighted by Crippen LogP contribution is 2.29. The van der Waals surface area contributed by atoms with Crippen molar-refractivity contribution in [2.75, 3.05) is 13.7 Å². The molecule has 1 heterocycles. The van der Waals surface area contributed by atoms with E-state index >= 15 is 0 Å². The molecule has 0 unspecified atom stereocenters. The lowest BCUT2D eigenvalue weighted by Gasteiger charge is -2.13. The number of aryl methyl sites for hydroxylation is 1. The van der Waals surface area contributed by atoms with Crippen molar-refractivity contribution in [1.82, 2.24) is 15.3 Å². The van der Waals surface area contributed by atoms with Crippen molar-refractivity contribution >= 4 is 5.91 Å². The zero-order valence-corrected chi connectivity index (χ0v) is 13.8. The minimum Gasteiger partial charge on any atom is -0.493 e. The zero-order valence-electron chi connectivity index (χ0n) is 13.8. The SMILES string of the molecule is CCCOc1ccc(C(=O)NC)cc1-c1nc(C)c(C)c(=O)[nH]1. The Hall–Kier alpha value is -2.63. The van der Waals surface area contributed by atoms with E-state index in [1.165, 1.54) is 0 Å². The maximum atomic E-state index is 12.0. The zero-order chi connectivity index (χ0) is 17.0. The highest BCUT2D eigenvalue weighted by Gasteiger charge is 2.14. The largest absolute Gasteiger partial charge is 0.493 e. The Morgan fingerprint density at radius 2 is 2.09 bits per heavy atom. The lowest BCUT2D eigenvalue weighted by molar-refractivity contribution is 0.0963. The van der Waals surface area contributed by atoms with Crippen LogP contribution in [0.2, 0.25) is 0 Å². The number of aromatic amines is 1. The molecular formula is C17H21N3O3. The van der Waals surface area contributed by atoms with Gasteiger partial charge in [0.2, 0.25) is 0 Å². The van der Waals surface area contributed by atoms with Crippen molar-refractivity contribution in [2.45, 2.75) is 27.2 Å². The van der Waals surface area contributed by atoms with Gasteiger partial charge in [0.05, 0.1) is 12.2 Å². The summed E-state index contributed by atoms with van der Waals surface area (Å²) in [5.41, 5.74) is 2.11. The fourth-order valence-electron chi connectivity index (χ4n) is 2.11. The monoisotopic (exact) mass is 315 g/mol. The molecule has 0 saturated carbocycles. The Labute approximate surface area is 134 Å².